The van der Waals surface area contributed by atoms with E-state index in [0.717, 1.165) is 6.42 Å². The quantitative estimate of drug-likeness (QED) is 0.563. The number of nitrogens with zero attached hydrogens (tertiary/aromatic N) is 1. The molecule has 3 heterocycles. The number of carbonyl (C=O) groups excluding carboxylic acids is 2. The zero-order valence-electron chi connectivity index (χ0n) is 17.7. The number of fused-ring (bicyclic) bond motifs is 5. The van der Waals surface area contributed by atoms with Gasteiger partial charge in [0, 0.05) is 0 Å². The second-order valence-electron chi connectivity index (χ2n) is 10.8. The van der Waals surface area contributed by atoms with Crippen molar-refractivity contribution in [3.8, 4) is 0 Å². The number of carbonyl (C=O) groups is 2. The van der Waals surface area contributed by atoms with Gasteiger partial charge in [-0.3, -0.25) is 9.59 Å². The lowest BCUT2D eigenvalue weighted by Gasteiger charge is -2.36. The molecular weight excluding hydrogens is 350 g/mol. The molecule has 4 heteroatoms. The number of anilines is 1. The van der Waals surface area contributed by atoms with E-state index in [1.54, 1.807) is 0 Å². The van der Waals surface area contributed by atoms with E-state index in [4.69, 9.17) is 4.74 Å². The number of imide groups is 1. The van der Waals surface area contributed by atoms with E-state index in [9.17, 15) is 9.59 Å². The van der Waals surface area contributed by atoms with Crippen LogP contribution < -0.4 is 4.90 Å². The van der Waals surface area contributed by atoms with Gasteiger partial charge in [-0.15, -0.1) is 0 Å². The van der Waals surface area contributed by atoms with Gasteiger partial charge in [0.05, 0.1) is 29.7 Å². The van der Waals surface area contributed by atoms with Crippen LogP contribution in [0.1, 0.15) is 59.4 Å². The first-order valence-electron chi connectivity index (χ1n) is 10.3. The molecule has 0 aliphatic carbocycles. The van der Waals surface area contributed by atoms with Crippen LogP contribution in [-0.2, 0) is 14.3 Å². The van der Waals surface area contributed by atoms with Gasteiger partial charge < -0.3 is 4.74 Å². The predicted octanol–water partition coefficient (Wildman–Crippen LogP) is 4.70. The largest absolute Gasteiger partial charge is 0.365 e. The van der Waals surface area contributed by atoms with Crippen LogP contribution >= 0.6 is 0 Å². The fourth-order valence-electron chi connectivity index (χ4n) is 4.95. The number of hydrogen-bond acceptors (Lipinski definition) is 3. The maximum absolute atomic E-state index is 12.9. The van der Waals surface area contributed by atoms with Gasteiger partial charge in [0.15, 0.2) is 0 Å². The van der Waals surface area contributed by atoms with E-state index < -0.39 is 0 Å². The summed E-state index contributed by atoms with van der Waals surface area (Å²) in [5, 5.41) is 0. The highest BCUT2D eigenvalue weighted by Crippen LogP contribution is 2.47. The molecule has 150 valence electrons. The first-order valence-corrected chi connectivity index (χ1v) is 10.3. The molecule has 2 amide bonds. The smallest absolute Gasteiger partial charge is 0.240 e. The van der Waals surface area contributed by atoms with Gasteiger partial charge >= 0.3 is 0 Å². The molecule has 28 heavy (non-hydrogen) atoms. The molecule has 1 aromatic carbocycles. The molecule has 3 aliphatic rings. The number of ether oxygens (including phenoxy) is 1. The molecule has 5 unspecified atom stereocenters. The molecule has 0 radical (unpaired) electrons. The second kappa shape index (κ2) is 6.28. The van der Waals surface area contributed by atoms with Crippen molar-refractivity contribution < 1.29 is 14.3 Å². The summed E-state index contributed by atoms with van der Waals surface area (Å²) in [6, 6.07) is 8.05. The first-order chi connectivity index (χ1) is 13.0. The molecule has 0 saturated carbocycles. The van der Waals surface area contributed by atoms with E-state index >= 15 is 0 Å². The fourth-order valence-corrected chi connectivity index (χ4v) is 4.95. The molecule has 2 saturated heterocycles. The SMILES string of the molecule is CC(C)(C)CC(c1ccc(N2C(=O)C3C4C=CC(O4)C3C2=O)cc1)C(C)(C)C. The highest BCUT2D eigenvalue weighted by Gasteiger charge is 2.61. The van der Waals surface area contributed by atoms with Crippen molar-refractivity contribution >= 4 is 17.5 Å². The number of hydrogen-bond donors (Lipinski definition) is 0. The topological polar surface area (TPSA) is 46.6 Å². The molecule has 1 aromatic rings. The minimum Gasteiger partial charge on any atom is -0.365 e. The van der Waals surface area contributed by atoms with Crippen molar-refractivity contribution in [2.75, 3.05) is 4.90 Å². The molecule has 5 atom stereocenters. The molecule has 0 spiro atoms. The standard InChI is InChI=1S/C24H31NO3/c1-23(2,3)13-16(24(4,5)6)14-7-9-15(10-8-14)25-21(26)19-17-11-12-18(28-17)20(19)22(25)27/h7-12,16-20H,13H2,1-6H3. The Hall–Kier alpha value is -1.94. The maximum Gasteiger partial charge on any atom is 0.240 e. The minimum absolute atomic E-state index is 0.123. The van der Waals surface area contributed by atoms with Gasteiger partial charge in [-0.05, 0) is 40.9 Å². The average molecular weight is 382 g/mol. The summed E-state index contributed by atoms with van der Waals surface area (Å²) in [5.74, 6) is -0.557. The first kappa shape index (κ1) is 19.4. The highest BCUT2D eigenvalue weighted by molar-refractivity contribution is 6.23. The third-order valence-electron chi connectivity index (χ3n) is 6.33. The van der Waals surface area contributed by atoms with Gasteiger partial charge in [0.25, 0.3) is 0 Å². The van der Waals surface area contributed by atoms with Crippen LogP contribution in [-0.4, -0.2) is 24.0 Å². The van der Waals surface area contributed by atoms with Crippen LogP contribution in [0.4, 0.5) is 5.69 Å². The number of rotatable bonds is 3. The van der Waals surface area contributed by atoms with Crippen LogP contribution in [0.5, 0.6) is 0 Å². The predicted molar refractivity (Wildman–Crippen MR) is 110 cm³/mol. The summed E-state index contributed by atoms with van der Waals surface area (Å²) in [5.41, 5.74) is 2.29. The summed E-state index contributed by atoms with van der Waals surface area (Å²) in [4.78, 5) is 27.3. The lowest BCUT2D eigenvalue weighted by atomic mass is 9.69. The van der Waals surface area contributed by atoms with Crippen molar-refractivity contribution in [2.45, 2.75) is 66.1 Å². The third-order valence-corrected chi connectivity index (χ3v) is 6.33. The molecular formula is C24H31NO3. The maximum atomic E-state index is 12.9. The lowest BCUT2D eigenvalue weighted by molar-refractivity contribution is -0.124. The molecule has 2 fully saturated rings. The van der Waals surface area contributed by atoms with Gasteiger partial charge in [-0.2, -0.15) is 0 Å². The van der Waals surface area contributed by atoms with E-state index in [-0.39, 0.29) is 46.7 Å². The van der Waals surface area contributed by atoms with Crippen molar-refractivity contribution in [2.24, 2.45) is 22.7 Å². The van der Waals surface area contributed by atoms with E-state index in [0.29, 0.717) is 11.6 Å². The summed E-state index contributed by atoms with van der Waals surface area (Å²) in [6.45, 7) is 13.6. The normalized spacial score (nSPS) is 30.3. The van der Waals surface area contributed by atoms with Crippen molar-refractivity contribution in [1.29, 1.82) is 0 Å². The summed E-state index contributed by atoms with van der Waals surface area (Å²) >= 11 is 0. The Labute approximate surface area is 167 Å². The monoisotopic (exact) mass is 381 g/mol. The minimum atomic E-state index is -0.356. The summed E-state index contributed by atoms with van der Waals surface area (Å²) in [7, 11) is 0. The second-order valence-corrected chi connectivity index (χ2v) is 10.8. The van der Waals surface area contributed by atoms with Gasteiger partial charge in [0.1, 0.15) is 0 Å². The Morgan fingerprint density at radius 1 is 0.893 bits per heavy atom. The average Bonchev–Trinajstić information content (AvgIpc) is 3.25. The summed E-state index contributed by atoms with van der Waals surface area (Å²) < 4.78 is 5.72. The van der Waals surface area contributed by atoms with Gasteiger partial charge in [-0.25, -0.2) is 4.90 Å². The van der Waals surface area contributed by atoms with Crippen molar-refractivity contribution in [3.05, 3.63) is 42.0 Å². The Morgan fingerprint density at radius 2 is 1.39 bits per heavy atom. The zero-order valence-corrected chi connectivity index (χ0v) is 17.7. The molecule has 4 rings (SSSR count). The Kier molecular flexibility index (Phi) is 4.35. The van der Waals surface area contributed by atoms with E-state index in [2.05, 4.69) is 53.7 Å². The van der Waals surface area contributed by atoms with Crippen LogP contribution in [0.15, 0.2) is 36.4 Å². The fraction of sp³-hybridized carbons (Fsp3) is 0.583. The van der Waals surface area contributed by atoms with Crippen molar-refractivity contribution in [1.82, 2.24) is 0 Å². The van der Waals surface area contributed by atoms with E-state index in [1.165, 1.54) is 10.5 Å². The Morgan fingerprint density at radius 3 is 1.82 bits per heavy atom. The third kappa shape index (κ3) is 3.12. The van der Waals surface area contributed by atoms with Crippen LogP contribution in [0.25, 0.3) is 0 Å². The Bertz CT molecular complexity index is 795. The number of amides is 2. The zero-order chi connectivity index (χ0) is 20.4. The van der Waals surface area contributed by atoms with Gasteiger partial charge in [-0.1, -0.05) is 65.8 Å². The lowest BCUT2D eigenvalue weighted by Crippen LogP contribution is -2.34. The van der Waals surface area contributed by atoms with Crippen LogP contribution in [0.2, 0.25) is 0 Å². The molecule has 0 N–H and O–H groups in total. The van der Waals surface area contributed by atoms with Crippen molar-refractivity contribution in [3.63, 3.8) is 0 Å². The van der Waals surface area contributed by atoms with Crippen LogP contribution in [0.3, 0.4) is 0 Å². The molecule has 2 bridgehead atoms. The van der Waals surface area contributed by atoms with E-state index in [1.807, 2.05) is 24.3 Å². The summed E-state index contributed by atoms with van der Waals surface area (Å²) in [6.07, 6.45) is 4.43. The van der Waals surface area contributed by atoms with Crippen LogP contribution in [0, 0.1) is 22.7 Å². The van der Waals surface area contributed by atoms with Gasteiger partial charge in [0.2, 0.25) is 11.8 Å². The molecule has 4 nitrogen and oxygen atoms in total. The molecule has 3 aliphatic heterocycles. The Balaban J connectivity index is 1.60. The molecule has 0 aromatic heterocycles. The highest BCUT2D eigenvalue weighted by atomic mass is 16.5. The number of benzene rings is 1.